The molecule has 0 aliphatic carbocycles. The quantitative estimate of drug-likeness (QED) is 0.371. The van der Waals surface area contributed by atoms with Crippen molar-refractivity contribution in [2.24, 2.45) is 4.99 Å². The Kier molecular flexibility index (Phi) is 8.50. The number of nitrogens with one attached hydrogen (secondary N) is 2. The maximum atomic E-state index is 6.22. The molecule has 5 nitrogen and oxygen atoms in total. The Morgan fingerprint density at radius 3 is 2.70 bits per heavy atom. The van der Waals surface area contributed by atoms with Crippen LogP contribution in [0, 0.1) is 0 Å². The fourth-order valence-corrected chi connectivity index (χ4v) is 3.40. The van der Waals surface area contributed by atoms with Crippen molar-refractivity contribution in [3.63, 3.8) is 0 Å². The van der Waals surface area contributed by atoms with Gasteiger partial charge in [-0.2, -0.15) is 0 Å². The summed E-state index contributed by atoms with van der Waals surface area (Å²) in [5.41, 5.74) is 2.19. The van der Waals surface area contributed by atoms with Crippen LogP contribution in [0.2, 0.25) is 5.02 Å². The highest BCUT2D eigenvalue weighted by molar-refractivity contribution is 14.0. The third-order valence-corrected chi connectivity index (χ3v) is 4.95. The second-order valence-electron chi connectivity index (χ2n) is 6.26. The molecule has 1 aliphatic heterocycles. The van der Waals surface area contributed by atoms with Gasteiger partial charge in [0, 0.05) is 37.7 Å². The summed E-state index contributed by atoms with van der Waals surface area (Å²) in [6.07, 6.45) is 1.05. The summed E-state index contributed by atoms with van der Waals surface area (Å²) in [5, 5.41) is 7.61. The van der Waals surface area contributed by atoms with Crippen LogP contribution in [0.1, 0.15) is 12.0 Å². The van der Waals surface area contributed by atoms with E-state index in [1.54, 1.807) is 14.2 Å². The molecule has 0 spiro atoms. The molecule has 1 heterocycles. The van der Waals surface area contributed by atoms with E-state index >= 15 is 0 Å². The van der Waals surface area contributed by atoms with E-state index in [9.17, 15) is 0 Å². The summed E-state index contributed by atoms with van der Waals surface area (Å²) >= 11 is 6.22. The molecule has 3 rings (SSSR count). The topological polar surface area (TPSA) is 48.9 Å². The number of hydrogen-bond acceptors (Lipinski definition) is 3. The molecule has 1 unspecified atom stereocenters. The largest absolute Gasteiger partial charge is 0.495 e. The molecule has 0 radical (unpaired) electrons. The lowest BCUT2D eigenvalue weighted by molar-refractivity contribution is 0.415. The standard InChI is InChI=1S/C20H25ClN4O.HI/c1-22-20(23-13-15-7-3-4-8-17(15)21)24-16-11-12-25(14-16)18-9-5-6-10-19(18)26-2;/h3-10,16H,11-14H2,1-2H3,(H2,22,23,24);1H. The monoisotopic (exact) mass is 500 g/mol. The molecule has 0 aromatic heterocycles. The summed E-state index contributed by atoms with van der Waals surface area (Å²) < 4.78 is 5.48. The van der Waals surface area contributed by atoms with Gasteiger partial charge in [0.05, 0.1) is 12.8 Å². The summed E-state index contributed by atoms with van der Waals surface area (Å²) in [4.78, 5) is 6.68. The average Bonchev–Trinajstić information content (AvgIpc) is 3.14. The highest BCUT2D eigenvalue weighted by Crippen LogP contribution is 2.30. The lowest BCUT2D eigenvalue weighted by Crippen LogP contribution is -2.44. The molecular formula is C20H26ClIN4O. The van der Waals surface area contributed by atoms with Gasteiger partial charge < -0.3 is 20.3 Å². The summed E-state index contributed by atoms with van der Waals surface area (Å²) in [5.74, 6) is 1.70. The van der Waals surface area contributed by atoms with E-state index in [0.29, 0.717) is 12.6 Å². The maximum absolute atomic E-state index is 6.22. The van der Waals surface area contributed by atoms with E-state index < -0.39 is 0 Å². The number of halogens is 2. The summed E-state index contributed by atoms with van der Waals surface area (Å²) in [7, 11) is 3.50. The third kappa shape index (κ3) is 5.65. The lowest BCUT2D eigenvalue weighted by atomic mass is 10.2. The van der Waals surface area contributed by atoms with Crippen molar-refractivity contribution < 1.29 is 4.74 Å². The Labute approximate surface area is 183 Å². The van der Waals surface area contributed by atoms with Gasteiger partial charge in [-0.15, -0.1) is 24.0 Å². The number of nitrogens with zero attached hydrogens (tertiary/aromatic N) is 2. The van der Waals surface area contributed by atoms with Crippen molar-refractivity contribution in [2.45, 2.75) is 19.0 Å². The van der Waals surface area contributed by atoms with Crippen molar-refractivity contribution in [1.82, 2.24) is 10.6 Å². The fraction of sp³-hybridized carbons (Fsp3) is 0.350. The molecule has 0 amide bonds. The molecule has 1 atom stereocenters. The normalized spacial score (nSPS) is 16.6. The Bertz CT molecular complexity index is 771. The van der Waals surface area contributed by atoms with Crippen LogP contribution in [0.25, 0.3) is 0 Å². The van der Waals surface area contributed by atoms with Gasteiger partial charge >= 0.3 is 0 Å². The number of hydrogen-bond donors (Lipinski definition) is 2. The third-order valence-electron chi connectivity index (χ3n) is 4.58. The number of rotatable bonds is 5. The van der Waals surface area contributed by atoms with Crippen LogP contribution < -0.4 is 20.3 Å². The predicted molar refractivity (Wildman–Crippen MR) is 124 cm³/mol. The van der Waals surface area contributed by atoms with E-state index in [1.165, 1.54) is 0 Å². The SMILES string of the molecule is CN=C(NCc1ccccc1Cl)NC1CCN(c2ccccc2OC)C1.I. The van der Waals surface area contributed by atoms with Gasteiger partial charge in [-0.05, 0) is 30.2 Å². The molecule has 7 heteroatoms. The first-order chi connectivity index (χ1) is 12.7. The zero-order chi connectivity index (χ0) is 18.4. The summed E-state index contributed by atoms with van der Waals surface area (Å²) in [6, 6.07) is 16.3. The van der Waals surface area contributed by atoms with Crippen LogP contribution >= 0.6 is 35.6 Å². The van der Waals surface area contributed by atoms with E-state index in [1.807, 2.05) is 42.5 Å². The predicted octanol–water partition coefficient (Wildman–Crippen LogP) is 3.91. The van der Waals surface area contributed by atoms with Gasteiger partial charge in [-0.1, -0.05) is 41.9 Å². The second kappa shape index (κ2) is 10.6. The maximum Gasteiger partial charge on any atom is 0.191 e. The van der Waals surface area contributed by atoms with Crippen LogP contribution in [-0.2, 0) is 6.54 Å². The molecular weight excluding hydrogens is 475 g/mol. The number of methoxy groups -OCH3 is 1. The van der Waals surface area contributed by atoms with E-state index in [2.05, 4.69) is 26.6 Å². The fourth-order valence-electron chi connectivity index (χ4n) is 3.20. The van der Waals surface area contributed by atoms with Crippen LogP contribution in [0.5, 0.6) is 5.75 Å². The zero-order valence-electron chi connectivity index (χ0n) is 15.6. The minimum Gasteiger partial charge on any atom is -0.495 e. The van der Waals surface area contributed by atoms with Crippen molar-refractivity contribution >= 4 is 47.2 Å². The van der Waals surface area contributed by atoms with E-state index in [0.717, 1.165) is 47.5 Å². The highest BCUT2D eigenvalue weighted by atomic mass is 127. The Hall–Kier alpha value is -1.67. The Morgan fingerprint density at radius 2 is 1.96 bits per heavy atom. The molecule has 0 saturated carbocycles. The van der Waals surface area contributed by atoms with Crippen LogP contribution in [0.4, 0.5) is 5.69 Å². The Morgan fingerprint density at radius 1 is 1.22 bits per heavy atom. The molecule has 1 fully saturated rings. The molecule has 0 bridgehead atoms. The zero-order valence-corrected chi connectivity index (χ0v) is 18.7. The van der Waals surface area contributed by atoms with Crippen molar-refractivity contribution in [1.29, 1.82) is 0 Å². The minimum absolute atomic E-state index is 0. The molecule has 146 valence electrons. The van der Waals surface area contributed by atoms with E-state index in [4.69, 9.17) is 16.3 Å². The van der Waals surface area contributed by atoms with Crippen LogP contribution in [-0.4, -0.2) is 39.2 Å². The van der Waals surface area contributed by atoms with Gasteiger partial charge in [-0.25, -0.2) is 0 Å². The van der Waals surface area contributed by atoms with E-state index in [-0.39, 0.29) is 24.0 Å². The molecule has 2 N–H and O–H groups in total. The minimum atomic E-state index is 0. The molecule has 27 heavy (non-hydrogen) atoms. The first kappa shape index (κ1) is 21.6. The van der Waals surface area contributed by atoms with Crippen molar-refractivity contribution in [3.8, 4) is 5.75 Å². The number of para-hydroxylation sites is 2. The Balaban J connectivity index is 0.00000261. The molecule has 1 saturated heterocycles. The average molecular weight is 501 g/mol. The first-order valence-corrected chi connectivity index (χ1v) is 9.17. The molecule has 1 aliphatic rings. The molecule has 2 aromatic carbocycles. The number of ether oxygens (including phenoxy) is 1. The van der Waals surface area contributed by atoms with Crippen LogP contribution in [0.3, 0.4) is 0 Å². The number of benzene rings is 2. The van der Waals surface area contributed by atoms with Gasteiger partial charge in [-0.3, -0.25) is 4.99 Å². The van der Waals surface area contributed by atoms with Gasteiger partial charge in [0.2, 0.25) is 0 Å². The summed E-state index contributed by atoms with van der Waals surface area (Å²) in [6.45, 7) is 2.54. The van der Waals surface area contributed by atoms with Crippen molar-refractivity contribution in [3.05, 3.63) is 59.1 Å². The number of anilines is 1. The lowest BCUT2D eigenvalue weighted by Gasteiger charge is -2.22. The van der Waals surface area contributed by atoms with Gasteiger partial charge in [0.1, 0.15) is 5.75 Å². The number of aliphatic imine (C=N–C) groups is 1. The first-order valence-electron chi connectivity index (χ1n) is 8.80. The number of guanidine groups is 1. The second-order valence-corrected chi connectivity index (χ2v) is 6.67. The van der Waals surface area contributed by atoms with Gasteiger partial charge in [0.15, 0.2) is 5.96 Å². The van der Waals surface area contributed by atoms with Crippen molar-refractivity contribution in [2.75, 3.05) is 32.1 Å². The highest BCUT2D eigenvalue weighted by Gasteiger charge is 2.25. The van der Waals surface area contributed by atoms with Crippen LogP contribution in [0.15, 0.2) is 53.5 Å². The smallest absolute Gasteiger partial charge is 0.191 e. The van der Waals surface area contributed by atoms with Gasteiger partial charge in [0.25, 0.3) is 0 Å². The molecule has 2 aromatic rings.